The Bertz CT molecular complexity index is 1230. The number of carbonyl (C=O) groups excluding carboxylic acids is 1. The van der Waals surface area contributed by atoms with Gasteiger partial charge in [0.2, 0.25) is 5.78 Å². The van der Waals surface area contributed by atoms with Gasteiger partial charge in [-0.3, -0.25) is 4.79 Å². The van der Waals surface area contributed by atoms with Gasteiger partial charge >= 0.3 is 0 Å². The van der Waals surface area contributed by atoms with Gasteiger partial charge in [0, 0.05) is 22.4 Å². The largest absolute Gasteiger partial charge is 0.496 e. The Hall–Kier alpha value is -2.90. The molecule has 1 saturated heterocycles. The van der Waals surface area contributed by atoms with Gasteiger partial charge in [-0.05, 0) is 47.2 Å². The molecule has 3 aromatic carbocycles. The smallest absolute Gasteiger partial charge is 0.219 e. The number of methoxy groups -OCH3 is 3. The van der Waals surface area contributed by atoms with Crippen molar-refractivity contribution in [2.24, 2.45) is 5.41 Å². The molecule has 0 amide bonds. The van der Waals surface area contributed by atoms with Gasteiger partial charge in [0.05, 0.1) is 40.1 Å². The van der Waals surface area contributed by atoms with Gasteiger partial charge in [-0.1, -0.05) is 26.8 Å². The van der Waals surface area contributed by atoms with Gasteiger partial charge in [0.15, 0.2) is 16.7 Å². The Morgan fingerprint density at radius 1 is 0.806 bits per heavy atom. The fourth-order valence-corrected chi connectivity index (χ4v) is 7.42. The highest BCUT2D eigenvalue weighted by atomic mass is 32.2. The molecular formula is C29H35O6S+. The van der Waals surface area contributed by atoms with E-state index in [1.54, 1.807) is 27.4 Å². The van der Waals surface area contributed by atoms with Crippen molar-refractivity contribution in [2.75, 3.05) is 46.0 Å². The monoisotopic (exact) mass is 511 g/mol. The van der Waals surface area contributed by atoms with Crippen LogP contribution in [0.25, 0.3) is 10.8 Å². The lowest BCUT2D eigenvalue weighted by Gasteiger charge is -2.31. The number of ketones is 1. The maximum atomic E-state index is 13.8. The Morgan fingerprint density at radius 2 is 1.39 bits per heavy atom. The van der Waals surface area contributed by atoms with E-state index in [9.17, 15) is 4.79 Å². The molecule has 3 aromatic rings. The maximum Gasteiger partial charge on any atom is 0.219 e. The summed E-state index contributed by atoms with van der Waals surface area (Å²) in [6.07, 6.45) is 0. The summed E-state index contributed by atoms with van der Waals surface area (Å²) >= 11 is 0. The van der Waals surface area contributed by atoms with Gasteiger partial charge in [-0.15, -0.1) is 0 Å². The first kappa shape index (κ1) is 26.2. The summed E-state index contributed by atoms with van der Waals surface area (Å²) in [6, 6.07) is 15.1. The summed E-state index contributed by atoms with van der Waals surface area (Å²) in [5, 5.41) is 1.89. The van der Waals surface area contributed by atoms with Crippen LogP contribution in [-0.4, -0.2) is 57.1 Å². The summed E-state index contributed by atoms with van der Waals surface area (Å²) in [7, 11) is 4.80. The van der Waals surface area contributed by atoms with E-state index in [2.05, 4.69) is 20.8 Å². The van der Waals surface area contributed by atoms with Gasteiger partial charge in [-0.25, -0.2) is 0 Å². The van der Waals surface area contributed by atoms with E-state index in [4.69, 9.17) is 23.7 Å². The number of hydrogen-bond donors (Lipinski definition) is 0. The van der Waals surface area contributed by atoms with Crippen molar-refractivity contribution in [3.8, 4) is 28.7 Å². The quantitative estimate of drug-likeness (QED) is 0.277. The lowest BCUT2D eigenvalue weighted by atomic mass is 9.87. The molecule has 0 aliphatic carbocycles. The van der Waals surface area contributed by atoms with Crippen LogP contribution >= 0.6 is 0 Å². The normalized spacial score (nSPS) is 15.4. The van der Waals surface area contributed by atoms with Gasteiger partial charge in [0.25, 0.3) is 0 Å². The van der Waals surface area contributed by atoms with Crippen LogP contribution in [0.3, 0.4) is 0 Å². The zero-order valence-electron chi connectivity index (χ0n) is 21.9. The van der Waals surface area contributed by atoms with E-state index in [1.165, 1.54) is 0 Å². The second-order valence-corrected chi connectivity index (χ2v) is 12.2. The molecule has 1 aliphatic heterocycles. The number of carbonyl (C=O) groups is 1. The van der Waals surface area contributed by atoms with Crippen molar-refractivity contribution in [2.45, 2.75) is 26.0 Å². The lowest BCUT2D eigenvalue weighted by molar-refractivity contribution is 0.0943. The molecule has 0 radical (unpaired) electrons. The van der Waals surface area contributed by atoms with Crippen LogP contribution in [0.4, 0.5) is 0 Å². The third-order valence-electron chi connectivity index (χ3n) is 6.33. The molecule has 0 aromatic heterocycles. The summed E-state index contributed by atoms with van der Waals surface area (Å²) < 4.78 is 28.2. The maximum absolute atomic E-state index is 13.8. The summed E-state index contributed by atoms with van der Waals surface area (Å²) in [5.74, 6) is 5.12. The Kier molecular flexibility index (Phi) is 8.00. The molecule has 0 spiro atoms. The predicted molar refractivity (Wildman–Crippen MR) is 146 cm³/mol. The number of benzene rings is 3. The molecule has 6 nitrogen and oxygen atoms in total. The summed E-state index contributed by atoms with van der Waals surface area (Å²) in [4.78, 5) is 13.8. The topological polar surface area (TPSA) is 63.2 Å². The van der Waals surface area contributed by atoms with Crippen molar-refractivity contribution >= 4 is 27.5 Å². The van der Waals surface area contributed by atoms with Crippen molar-refractivity contribution in [3.05, 3.63) is 54.1 Å². The fraction of sp³-hybridized carbons (Fsp3) is 0.414. The number of fused-ring (bicyclic) bond motifs is 1. The molecule has 0 bridgehead atoms. The first-order valence-corrected chi connectivity index (χ1v) is 13.7. The van der Waals surface area contributed by atoms with Crippen LogP contribution in [-0.2, 0) is 15.6 Å². The van der Waals surface area contributed by atoms with Crippen LogP contribution < -0.4 is 18.9 Å². The number of Topliss-reactive ketones (excluding diaryl/α,β-unsaturated/α-hetero) is 1. The minimum atomic E-state index is -0.160. The molecule has 4 rings (SSSR count). The number of ether oxygens (including phenoxy) is 5. The molecule has 36 heavy (non-hydrogen) atoms. The standard InChI is InChI=1S/C29H35O6S/c1-29(2,3)28(36-13-11-34-12-14-36)27(30)23-10-9-22(18-24(23)31-4)35-21-8-7-19-16-25(32-5)26(33-6)17-20(19)15-21/h7-10,15-18,28H,11-14H2,1-6H3/q+1. The lowest BCUT2D eigenvalue weighted by Crippen LogP contribution is -2.47. The van der Waals surface area contributed by atoms with Crippen molar-refractivity contribution in [1.29, 1.82) is 0 Å². The average molecular weight is 512 g/mol. The molecule has 0 N–H and O–H groups in total. The second-order valence-electron chi connectivity index (χ2n) is 9.85. The molecule has 1 heterocycles. The molecule has 1 unspecified atom stereocenters. The molecule has 0 saturated carbocycles. The van der Waals surface area contributed by atoms with E-state index < -0.39 is 0 Å². The number of rotatable bonds is 8. The Morgan fingerprint density at radius 3 is 2.00 bits per heavy atom. The minimum Gasteiger partial charge on any atom is -0.496 e. The Balaban J connectivity index is 1.61. The van der Waals surface area contributed by atoms with E-state index in [1.807, 2.05) is 42.5 Å². The molecule has 192 valence electrons. The summed E-state index contributed by atoms with van der Waals surface area (Å²) in [5.41, 5.74) is 0.436. The van der Waals surface area contributed by atoms with Crippen molar-refractivity contribution < 1.29 is 28.5 Å². The highest BCUT2D eigenvalue weighted by Gasteiger charge is 2.47. The van der Waals surface area contributed by atoms with Gasteiger partial charge in [-0.2, -0.15) is 0 Å². The third-order valence-corrected chi connectivity index (χ3v) is 9.30. The van der Waals surface area contributed by atoms with E-state index in [0.29, 0.717) is 34.3 Å². The second kappa shape index (κ2) is 11.0. The van der Waals surface area contributed by atoms with Gasteiger partial charge in [0.1, 0.15) is 28.8 Å². The SMILES string of the molecule is COc1cc2ccc(Oc3ccc(C(=O)C([S+]4CCOCC4)C(C)(C)C)c(OC)c3)cc2cc1OC. The van der Waals surface area contributed by atoms with Crippen LogP contribution in [0.1, 0.15) is 31.1 Å². The van der Waals surface area contributed by atoms with E-state index in [0.717, 1.165) is 35.5 Å². The zero-order valence-corrected chi connectivity index (χ0v) is 22.7. The first-order valence-electron chi connectivity index (χ1n) is 12.0. The average Bonchev–Trinajstić information content (AvgIpc) is 2.87. The van der Waals surface area contributed by atoms with Crippen LogP contribution in [0.2, 0.25) is 0 Å². The zero-order chi connectivity index (χ0) is 25.9. The van der Waals surface area contributed by atoms with Crippen molar-refractivity contribution in [1.82, 2.24) is 0 Å². The van der Waals surface area contributed by atoms with Gasteiger partial charge < -0.3 is 23.7 Å². The van der Waals surface area contributed by atoms with Crippen LogP contribution in [0.15, 0.2) is 48.5 Å². The van der Waals surface area contributed by atoms with E-state index in [-0.39, 0.29) is 27.3 Å². The Labute approximate surface area is 216 Å². The third kappa shape index (κ3) is 5.57. The highest BCUT2D eigenvalue weighted by molar-refractivity contribution is 7.98. The highest BCUT2D eigenvalue weighted by Crippen LogP contribution is 2.37. The predicted octanol–water partition coefficient (Wildman–Crippen LogP) is 5.90. The molecule has 1 fully saturated rings. The molecule has 7 heteroatoms. The molecule has 1 atom stereocenters. The molecular weight excluding hydrogens is 476 g/mol. The van der Waals surface area contributed by atoms with Crippen LogP contribution in [0, 0.1) is 5.41 Å². The fourth-order valence-electron chi connectivity index (χ4n) is 4.65. The summed E-state index contributed by atoms with van der Waals surface area (Å²) in [6.45, 7) is 7.87. The first-order chi connectivity index (χ1) is 17.2. The van der Waals surface area contributed by atoms with Crippen LogP contribution in [0.5, 0.6) is 28.7 Å². The van der Waals surface area contributed by atoms with Crippen molar-refractivity contribution in [3.63, 3.8) is 0 Å². The molecule has 1 aliphatic rings. The van der Waals surface area contributed by atoms with E-state index >= 15 is 0 Å². The minimum absolute atomic E-state index is 0.0290. The number of hydrogen-bond acceptors (Lipinski definition) is 6.